The van der Waals surface area contributed by atoms with Crippen LogP contribution in [0.5, 0.6) is 11.5 Å². The van der Waals surface area contributed by atoms with Gasteiger partial charge in [-0.15, -0.1) is 0 Å². The lowest BCUT2D eigenvalue weighted by atomic mass is 10.1. The highest BCUT2D eigenvalue weighted by atomic mass is 32.2. The van der Waals surface area contributed by atoms with Crippen LogP contribution in [0.4, 0.5) is 23.0 Å². The molecule has 15 heteroatoms. The van der Waals surface area contributed by atoms with Crippen LogP contribution in [0.3, 0.4) is 0 Å². The summed E-state index contributed by atoms with van der Waals surface area (Å²) in [5, 5.41) is 0. The minimum Gasteiger partial charge on any atom is -0.421 e. The molecule has 4 amide bonds. The number of nitrogens with two attached hydrogens (primary N) is 2. The van der Waals surface area contributed by atoms with E-state index in [9.17, 15) is 28.8 Å². The second-order valence-electron chi connectivity index (χ2n) is 12.1. The van der Waals surface area contributed by atoms with E-state index in [1.165, 1.54) is 84.8 Å². The average Bonchev–Trinajstić information content (AvgIpc) is 3.60. The van der Waals surface area contributed by atoms with E-state index < -0.39 is 35.6 Å². The van der Waals surface area contributed by atoms with Crippen molar-refractivity contribution in [1.82, 2.24) is 9.97 Å². The molecule has 4 heterocycles. The number of nitrogen functional groups attached to an aromatic ring is 2. The number of nitrogens with zero attached hydrogens (tertiary/aromatic N) is 4. The highest BCUT2D eigenvalue weighted by molar-refractivity contribution is 7.99. The zero-order valence-electron chi connectivity index (χ0n) is 28.2. The lowest BCUT2D eigenvalue weighted by Gasteiger charge is -2.15. The highest BCUT2D eigenvalue weighted by Gasteiger charge is 2.38. The number of ether oxygens (including phenoxy) is 2. The van der Waals surface area contributed by atoms with Gasteiger partial charge in [-0.25, -0.2) is 29.4 Å². The Morgan fingerprint density at radius 1 is 0.491 bits per heavy atom. The quantitative estimate of drug-likeness (QED) is 0.139. The zero-order chi connectivity index (χ0) is 38.4. The number of hydrogen-bond donors (Lipinski definition) is 2. The summed E-state index contributed by atoms with van der Waals surface area (Å²) in [5.41, 5.74) is 12.4. The van der Waals surface area contributed by atoms with E-state index in [0.717, 1.165) is 19.6 Å². The van der Waals surface area contributed by atoms with E-state index in [0.29, 0.717) is 11.4 Å². The fraction of sp³-hybridized carbons (Fsp3) is 0. The largest absolute Gasteiger partial charge is 0.421 e. The lowest BCUT2D eigenvalue weighted by Crippen LogP contribution is -2.29. The van der Waals surface area contributed by atoms with Crippen LogP contribution in [0, 0.1) is 0 Å². The zero-order valence-corrected chi connectivity index (χ0v) is 29.0. The van der Waals surface area contributed by atoms with Crippen molar-refractivity contribution in [2.75, 3.05) is 21.3 Å². The number of aromatic nitrogens is 2. The first-order valence-corrected chi connectivity index (χ1v) is 17.2. The summed E-state index contributed by atoms with van der Waals surface area (Å²) >= 11 is 1.38. The van der Waals surface area contributed by atoms with Gasteiger partial charge in [-0.2, -0.15) is 0 Å². The van der Waals surface area contributed by atoms with Crippen molar-refractivity contribution in [1.29, 1.82) is 0 Å². The van der Waals surface area contributed by atoms with Crippen molar-refractivity contribution < 1.29 is 38.2 Å². The van der Waals surface area contributed by atoms with Crippen LogP contribution in [0.25, 0.3) is 0 Å². The second-order valence-corrected chi connectivity index (χ2v) is 13.3. The van der Waals surface area contributed by atoms with Gasteiger partial charge in [0.05, 0.1) is 57.1 Å². The fourth-order valence-electron chi connectivity index (χ4n) is 5.90. The first kappa shape index (κ1) is 34.4. The SMILES string of the molecule is Nc1ccc(OC(=O)c2ccc3c(c2)C(=O)N(c2ccc(Sc4ccc(N5C(=O)c6ccc(C(=O)Oc7ccc(N)nc7)cc6C5=O)cc4)cc2)C3=O)cn1. The Hall–Kier alpha value is -7.65. The number of amides is 4. The van der Waals surface area contributed by atoms with Gasteiger partial charge in [-0.3, -0.25) is 19.2 Å². The maximum Gasteiger partial charge on any atom is 0.343 e. The van der Waals surface area contributed by atoms with Crippen molar-refractivity contribution in [2.24, 2.45) is 0 Å². The number of pyridine rings is 2. The molecule has 0 radical (unpaired) electrons. The van der Waals surface area contributed by atoms with E-state index in [4.69, 9.17) is 20.9 Å². The number of carbonyl (C=O) groups is 6. The molecule has 0 unspecified atom stereocenters. The van der Waals surface area contributed by atoms with Gasteiger partial charge >= 0.3 is 11.9 Å². The first-order chi connectivity index (χ1) is 26.5. The Labute approximate surface area is 315 Å². The predicted octanol–water partition coefficient (Wildman–Crippen LogP) is 5.83. The van der Waals surface area contributed by atoms with Crippen LogP contribution < -0.4 is 30.7 Å². The van der Waals surface area contributed by atoms with E-state index in [1.54, 1.807) is 48.5 Å². The summed E-state index contributed by atoms with van der Waals surface area (Å²) in [7, 11) is 0. The molecule has 2 aliphatic rings. The third kappa shape index (κ3) is 6.51. The van der Waals surface area contributed by atoms with Gasteiger partial charge in [-0.1, -0.05) is 11.8 Å². The first-order valence-electron chi connectivity index (χ1n) is 16.3. The number of hydrogen-bond acceptors (Lipinski definition) is 13. The fourth-order valence-corrected chi connectivity index (χ4v) is 6.72. The summed E-state index contributed by atoms with van der Waals surface area (Å²) < 4.78 is 10.6. The molecule has 0 fully saturated rings. The van der Waals surface area contributed by atoms with Gasteiger partial charge in [0.15, 0.2) is 0 Å². The summed E-state index contributed by atoms with van der Waals surface area (Å²) in [5.74, 6) is -2.81. The van der Waals surface area contributed by atoms with Crippen LogP contribution in [-0.4, -0.2) is 45.5 Å². The van der Waals surface area contributed by atoms with Gasteiger partial charge in [0.1, 0.15) is 23.1 Å². The van der Waals surface area contributed by atoms with Gasteiger partial charge in [0.2, 0.25) is 0 Å². The number of imide groups is 2. The number of anilines is 4. The predicted molar refractivity (Wildman–Crippen MR) is 199 cm³/mol. The maximum atomic E-state index is 13.4. The molecule has 0 atom stereocenters. The van der Waals surface area contributed by atoms with Crippen molar-refractivity contribution in [3.63, 3.8) is 0 Å². The molecule has 6 aromatic rings. The van der Waals surface area contributed by atoms with Crippen LogP contribution >= 0.6 is 11.8 Å². The van der Waals surface area contributed by atoms with Crippen LogP contribution in [0.15, 0.2) is 131 Å². The van der Waals surface area contributed by atoms with Crippen molar-refractivity contribution >= 4 is 70.3 Å². The van der Waals surface area contributed by atoms with Crippen LogP contribution in [0.1, 0.15) is 62.1 Å². The van der Waals surface area contributed by atoms with Crippen molar-refractivity contribution in [3.8, 4) is 11.5 Å². The van der Waals surface area contributed by atoms with Crippen LogP contribution in [-0.2, 0) is 0 Å². The van der Waals surface area contributed by atoms with Crippen LogP contribution in [0.2, 0.25) is 0 Å². The molecule has 0 aliphatic carbocycles. The summed E-state index contributed by atoms with van der Waals surface area (Å²) in [6, 6.07) is 27.8. The molecular formula is C40H24N6O8S. The minimum absolute atomic E-state index is 0.0709. The Morgan fingerprint density at radius 3 is 1.24 bits per heavy atom. The second kappa shape index (κ2) is 13.7. The Balaban J connectivity index is 0.918. The molecule has 14 nitrogen and oxygen atoms in total. The Bertz CT molecular complexity index is 2420. The molecule has 2 aliphatic heterocycles. The number of esters is 2. The summed E-state index contributed by atoms with van der Waals surface area (Å²) in [6.07, 6.45) is 2.60. The van der Waals surface area contributed by atoms with Crippen molar-refractivity contribution in [2.45, 2.75) is 9.79 Å². The van der Waals surface area contributed by atoms with Gasteiger partial charge in [0.25, 0.3) is 23.6 Å². The van der Waals surface area contributed by atoms with E-state index >= 15 is 0 Å². The Morgan fingerprint density at radius 2 is 0.873 bits per heavy atom. The molecule has 0 spiro atoms. The standard InChI is InChI=1S/C40H24N6O8S/c41-33-15-7-25(19-43-33)53-39(51)21-1-13-29-31(17-21)37(49)45(35(29)47)23-3-9-27(10-4-23)55-28-11-5-24(6-12-28)46-36(48)30-14-2-22(18-32(30)38(46)50)40(52)54-26-8-16-34(42)44-20-26/h1-20H,(H2,41,43)(H2,42,44). The molecule has 2 aromatic heterocycles. The number of carbonyl (C=O) groups excluding carboxylic acids is 6. The molecular weight excluding hydrogens is 725 g/mol. The Kier molecular flexibility index (Phi) is 8.59. The van der Waals surface area contributed by atoms with E-state index in [2.05, 4.69) is 9.97 Å². The minimum atomic E-state index is -0.728. The highest BCUT2D eigenvalue weighted by Crippen LogP contribution is 2.35. The third-order valence-electron chi connectivity index (χ3n) is 8.61. The normalized spacial score (nSPS) is 13.2. The maximum absolute atomic E-state index is 13.4. The lowest BCUT2D eigenvalue weighted by molar-refractivity contribution is 0.0724. The van der Waals surface area contributed by atoms with Crippen molar-refractivity contribution in [3.05, 3.63) is 155 Å². The molecule has 55 heavy (non-hydrogen) atoms. The smallest absolute Gasteiger partial charge is 0.343 e. The monoisotopic (exact) mass is 748 g/mol. The topological polar surface area (TPSA) is 205 Å². The molecule has 0 saturated carbocycles. The van der Waals surface area contributed by atoms with Gasteiger partial charge in [0, 0.05) is 9.79 Å². The summed E-state index contributed by atoms with van der Waals surface area (Å²) in [4.78, 5) is 90.1. The molecule has 0 bridgehead atoms. The molecule has 8 rings (SSSR count). The van der Waals surface area contributed by atoms with E-state index in [-0.39, 0.29) is 56.5 Å². The van der Waals surface area contributed by atoms with E-state index in [1.807, 2.05) is 0 Å². The molecule has 4 aromatic carbocycles. The van der Waals surface area contributed by atoms with Gasteiger partial charge < -0.3 is 20.9 Å². The number of fused-ring (bicyclic) bond motifs is 2. The molecule has 268 valence electrons. The number of benzene rings is 4. The average molecular weight is 749 g/mol. The number of rotatable bonds is 8. The third-order valence-corrected chi connectivity index (χ3v) is 9.63. The molecule has 0 saturated heterocycles. The summed E-state index contributed by atoms with van der Waals surface area (Å²) in [6.45, 7) is 0. The van der Waals surface area contributed by atoms with Gasteiger partial charge in [-0.05, 0) is 109 Å². The molecule has 4 N–H and O–H groups in total.